The Kier molecular flexibility index (Phi) is 5.13. The number of ether oxygens (including phenoxy) is 2. The van der Waals surface area contributed by atoms with Crippen molar-refractivity contribution >= 4 is 34.4 Å². The van der Waals surface area contributed by atoms with Crippen molar-refractivity contribution in [1.29, 1.82) is 0 Å². The van der Waals surface area contributed by atoms with Gasteiger partial charge in [-0.25, -0.2) is 15.0 Å². The van der Waals surface area contributed by atoms with E-state index in [-0.39, 0.29) is 24.5 Å². The Morgan fingerprint density at radius 3 is 2.80 bits per heavy atom. The molecule has 0 amide bonds. The minimum Gasteiger partial charge on any atom is -0.455 e. The molecule has 2 aliphatic rings. The number of carbonyl (C=O) groups is 2. The van der Waals surface area contributed by atoms with E-state index in [0.717, 1.165) is 0 Å². The van der Waals surface area contributed by atoms with E-state index < -0.39 is 37.1 Å². The molecule has 1 saturated heterocycles. The second-order valence-electron chi connectivity index (χ2n) is 7.25. The minimum atomic E-state index is -1.28. The zero-order chi connectivity index (χ0) is 21.6. The van der Waals surface area contributed by atoms with E-state index >= 15 is 0 Å². The average Bonchev–Trinajstić information content (AvgIpc) is 3.24. The molecule has 4 atom stereocenters. The van der Waals surface area contributed by atoms with E-state index in [4.69, 9.17) is 15.2 Å². The first-order chi connectivity index (χ1) is 14.3. The highest BCUT2D eigenvalue weighted by Gasteiger charge is 2.48. The van der Waals surface area contributed by atoms with Crippen LogP contribution in [0.2, 0.25) is 0 Å². The lowest BCUT2D eigenvalue weighted by atomic mass is 10.1. The molecule has 4 N–H and O–H groups in total. The maximum absolute atomic E-state index is 12.2. The van der Waals surface area contributed by atoms with Crippen LogP contribution >= 0.6 is 0 Å². The summed E-state index contributed by atoms with van der Waals surface area (Å²) in [6, 6.07) is 0. The molecule has 0 bridgehead atoms. The number of amidine groups is 1. The summed E-state index contributed by atoms with van der Waals surface area (Å²) in [5.41, 5.74) is 7.08. The molecule has 0 aliphatic carbocycles. The molecular weight excluding hydrogens is 396 g/mol. The molecule has 1 fully saturated rings. The van der Waals surface area contributed by atoms with E-state index in [1.807, 2.05) is 0 Å². The number of aromatic nitrogens is 3. The van der Waals surface area contributed by atoms with Crippen LogP contribution in [0, 0.1) is 0 Å². The fourth-order valence-electron chi connectivity index (χ4n) is 3.67. The van der Waals surface area contributed by atoms with Crippen molar-refractivity contribution in [2.24, 2.45) is 10.8 Å². The number of anilines is 1. The number of hydrazone groups is 1. The Hall–Kier alpha value is -3.09. The zero-order valence-corrected chi connectivity index (χ0v) is 16.4. The van der Waals surface area contributed by atoms with Crippen molar-refractivity contribution < 1.29 is 29.3 Å². The summed E-state index contributed by atoms with van der Waals surface area (Å²) in [6.07, 6.45) is -1.44. The van der Waals surface area contributed by atoms with Crippen LogP contribution in [0.3, 0.4) is 0 Å². The lowest BCUT2D eigenvalue weighted by molar-refractivity contribution is -0.159. The first-order valence-electron chi connectivity index (χ1n) is 9.38. The predicted molar refractivity (Wildman–Crippen MR) is 103 cm³/mol. The number of nitrogens with zero attached hydrogens (tertiary/aromatic N) is 5. The molecule has 30 heavy (non-hydrogen) atoms. The van der Waals surface area contributed by atoms with E-state index in [1.54, 1.807) is 17.8 Å². The second kappa shape index (κ2) is 7.63. The third-order valence-electron chi connectivity index (χ3n) is 5.15. The van der Waals surface area contributed by atoms with Gasteiger partial charge < -0.3 is 34.8 Å². The molecule has 0 aromatic carbocycles. The molecule has 2 aromatic heterocycles. The van der Waals surface area contributed by atoms with Crippen LogP contribution in [0.4, 0.5) is 5.82 Å². The van der Waals surface area contributed by atoms with Crippen molar-refractivity contribution in [2.45, 2.75) is 44.3 Å². The Morgan fingerprint density at radius 2 is 2.10 bits per heavy atom. The molecule has 4 heterocycles. The number of aliphatic hydroxyl groups excluding tert-OH is 2. The monoisotopic (exact) mass is 418 g/mol. The van der Waals surface area contributed by atoms with Gasteiger partial charge in [-0.15, -0.1) is 0 Å². The van der Waals surface area contributed by atoms with Gasteiger partial charge in [0.15, 0.2) is 24.0 Å². The number of esters is 1. The average molecular weight is 418 g/mol. The van der Waals surface area contributed by atoms with Gasteiger partial charge in [0.25, 0.3) is 0 Å². The summed E-state index contributed by atoms with van der Waals surface area (Å²) in [6.45, 7) is 0.901. The number of hydrogen-bond acceptors (Lipinski definition) is 11. The largest absolute Gasteiger partial charge is 0.455 e. The van der Waals surface area contributed by atoms with E-state index in [2.05, 4.69) is 15.1 Å². The van der Waals surface area contributed by atoms with Crippen LogP contribution < -0.4 is 10.7 Å². The number of ketones is 1. The third kappa shape index (κ3) is 3.28. The molecule has 0 radical (unpaired) electrons. The number of Topliss-reactive ketones (excluding diaryl/α,β-unsaturated/α-hetero) is 1. The maximum Gasteiger partial charge on any atom is 0.306 e. The number of nitrogens with two attached hydrogens (primary N) is 1. The highest BCUT2D eigenvalue weighted by atomic mass is 16.6. The summed E-state index contributed by atoms with van der Waals surface area (Å²) in [7, 11) is 1.70. The van der Waals surface area contributed by atoms with Gasteiger partial charge in [-0.3, -0.25) is 4.79 Å². The lowest BCUT2D eigenvalue weighted by Crippen LogP contribution is -2.37. The van der Waals surface area contributed by atoms with Gasteiger partial charge in [-0.2, -0.15) is 5.10 Å². The van der Waals surface area contributed by atoms with Crippen LogP contribution in [-0.2, 0) is 19.1 Å². The molecule has 12 nitrogen and oxygen atoms in total. The maximum atomic E-state index is 12.2. The molecule has 0 saturated carbocycles. The normalized spacial score (nSPS) is 25.5. The quantitative estimate of drug-likeness (QED) is 0.497. The first-order valence-corrected chi connectivity index (χ1v) is 9.38. The first kappa shape index (κ1) is 20.2. The van der Waals surface area contributed by atoms with Crippen LogP contribution in [0.25, 0.3) is 11.0 Å². The molecule has 2 unspecified atom stereocenters. The van der Waals surface area contributed by atoms with Crippen LogP contribution in [-0.4, -0.2) is 74.3 Å². The highest BCUT2D eigenvalue weighted by Crippen LogP contribution is 2.38. The van der Waals surface area contributed by atoms with E-state index in [0.29, 0.717) is 22.4 Å². The topological polar surface area (TPSA) is 165 Å². The molecule has 12 heteroatoms. The molecule has 2 aliphatic heterocycles. The van der Waals surface area contributed by atoms with Crippen molar-refractivity contribution in [3.63, 3.8) is 0 Å². The number of carbonyl (C=O) groups excluding carboxylic acids is 2. The summed E-state index contributed by atoms with van der Waals surface area (Å²) in [4.78, 5) is 31.9. The Labute approximate surface area is 170 Å². The number of aliphatic hydroxyl groups is 2. The molecule has 2 aromatic rings. The van der Waals surface area contributed by atoms with Crippen LogP contribution in [0.5, 0.6) is 0 Å². The van der Waals surface area contributed by atoms with E-state index in [9.17, 15) is 19.8 Å². The van der Waals surface area contributed by atoms with Crippen molar-refractivity contribution in [2.75, 3.05) is 18.7 Å². The van der Waals surface area contributed by atoms with Gasteiger partial charge in [0.2, 0.25) is 0 Å². The Balaban J connectivity index is 1.73. The van der Waals surface area contributed by atoms with Gasteiger partial charge in [0, 0.05) is 25.2 Å². The summed E-state index contributed by atoms with van der Waals surface area (Å²) >= 11 is 0. The highest BCUT2D eigenvalue weighted by molar-refractivity contribution is 6.13. The summed E-state index contributed by atoms with van der Waals surface area (Å²) in [5, 5.41) is 26.5. The standard InChI is InChI=1S/C18H22N6O6/c1-8(26)3-4-11(27)30-14-13(28)10(6-25)29-18(14)24-5-9-12-16(20-7-21-17(12)24)23(2)22-15(9)19/h5,7,10,13-14,18,25,28H,3-4,6H2,1-2H3,(H2,19,22)/t10-,13?,14?,18-/m1/s1. The van der Waals surface area contributed by atoms with Gasteiger partial charge in [0.1, 0.15) is 30.0 Å². The van der Waals surface area contributed by atoms with Gasteiger partial charge >= 0.3 is 5.97 Å². The number of rotatable bonds is 6. The minimum absolute atomic E-state index is 0.0309. The molecule has 0 spiro atoms. The van der Waals surface area contributed by atoms with Crippen LogP contribution in [0.15, 0.2) is 17.6 Å². The van der Waals surface area contributed by atoms with Crippen molar-refractivity contribution in [3.8, 4) is 0 Å². The van der Waals surface area contributed by atoms with E-state index in [1.165, 1.54) is 18.3 Å². The van der Waals surface area contributed by atoms with Crippen LogP contribution in [0.1, 0.15) is 31.6 Å². The number of hydrogen-bond donors (Lipinski definition) is 3. The molecule has 4 rings (SSSR count). The SMILES string of the molecule is CC(=O)CCC(=O)OC1C(O)[C@@H](CO)O[C@H]1n1cc2c3c(ncnc31)N(C)N=C2N. The van der Waals surface area contributed by atoms with Gasteiger partial charge in [0.05, 0.1) is 18.4 Å². The predicted octanol–water partition coefficient (Wildman–Crippen LogP) is -0.967. The zero-order valence-electron chi connectivity index (χ0n) is 16.4. The lowest BCUT2D eigenvalue weighted by Gasteiger charge is -2.22. The fraction of sp³-hybridized carbons (Fsp3) is 0.500. The van der Waals surface area contributed by atoms with Gasteiger partial charge in [-0.1, -0.05) is 0 Å². The Morgan fingerprint density at radius 1 is 1.33 bits per heavy atom. The van der Waals surface area contributed by atoms with Crippen molar-refractivity contribution in [3.05, 3.63) is 18.1 Å². The van der Waals surface area contributed by atoms with Crippen molar-refractivity contribution in [1.82, 2.24) is 14.5 Å². The Bertz CT molecular complexity index is 1040. The summed E-state index contributed by atoms with van der Waals surface area (Å²) in [5.74, 6) is -0.0212. The smallest absolute Gasteiger partial charge is 0.306 e. The summed E-state index contributed by atoms with van der Waals surface area (Å²) < 4.78 is 12.8. The molecular formula is C18H22N6O6. The fourth-order valence-corrected chi connectivity index (χ4v) is 3.67. The molecule has 160 valence electrons. The second-order valence-corrected chi connectivity index (χ2v) is 7.25. The van der Waals surface area contributed by atoms with Gasteiger partial charge in [-0.05, 0) is 6.92 Å². The third-order valence-corrected chi connectivity index (χ3v) is 5.15.